The molecule has 5 atom stereocenters. The number of thiocyanates is 1. The molecule has 0 unspecified atom stereocenters. The maximum atomic E-state index is 13.4. The van der Waals surface area contributed by atoms with Gasteiger partial charge in [-0.15, -0.1) is 0 Å². The highest BCUT2D eigenvalue weighted by atomic mass is 32.2. The Kier molecular flexibility index (Phi) is 10.8. The summed E-state index contributed by atoms with van der Waals surface area (Å²) in [4.78, 5) is 53.0. The lowest BCUT2D eigenvalue weighted by Crippen LogP contribution is -2.61. The Morgan fingerprint density at radius 2 is 0.935 bits per heavy atom. The number of hydrogen-bond donors (Lipinski definition) is 0. The van der Waals surface area contributed by atoms with Gasteiger partial charge in [-0.25, -0.2) is 19.2 Å². The standard InChI is InChI=1S/C35H27NO9S/c36-22-46-35-30(45-34(40)26-19-11-4-12-20-26)29(44-33(39)25-17-9-3-10-18-25)28(43-32(38)24-15-7-2-8-16-24)27(42-35)21-41-31(37)23-13-5-1-6-14-23/h1-20,27-30,35H,21H2/t27-,28-,29+,30-,35-/m1/s1. The van der Waals surface area contributed by atoms with Gasteiger partial charge in [-0.2, -0.15) is 5.26 Å². The highest BCUT2D eigenvalue weighted by Gasteiger charge is 2.53. The van der Waals surface area contributed by atoms with E-state index in [0.717, 1.165) is 0 Å². The highest BCUT2D eigenvalue weighted by molar-refractivity contribution is 8.04. The SMILES string of the molecule is N#CS[C@H]1O[C@H](COC(=O)c2ccccc2)[C@@H](OC(=O)c2ccccc2)[C@H](OC(=O)c2ccccc2)[C@H]1OC(=O)c1ccccc1. The first kappa shape index (κ1) is 32.0. The molecule has 1 aliphatic heterocycles. The molecule has 5 rings (SSSR count). The van der Waals surface area contributed by atoms with Gasteiger partial charge in [0.05, 0.1) is 22.3 Å². The number of benzene rings is 4. The molecule has 232 valence electrons. The van der Waals surface area contributed by atoms with E-state index < -0.39 is 60.3 Å². The van der Waals surface area contributed by atoms with Crippen LogP contribution in [0.2, 0.25) is 0 Å². The van der Waals surface area contributed by atoms with Gasteiger partial charge in [0.15, 0.2) is 23.7 Å². The van der Waals surface area contributed by atoms with E-state index in [1.807, 2.05) is 5.40 Å². The highest BCUT2D eigenvalue weighted by Crippen LogP contribution is 2.35. The first-order valence-corrected chi connectivity index (χ1v) is 15.0. The second-order valence-electron chi connectivity index (χ2n) is 9.92. The minimum absolute atomic E-state index is 0.173. The van der Waals surface area contributed by atoms with E-state index >= 15 is 0 Å². The summed E-state index contributed by atoms with van der Waals surface area (Å²) >= 11 is 0.610. The summed E-state index contributed by atoms with van der Waals surface area (Å²) in [6.45, 7) is -0.457. The predicted molar refractivity (Wildman–Crippen MR) is 166 cm³/mol. The molecule has 1 aliphatic rings. The lowest BCUT2D eigenvalue weighted by molar-refractivity contribution is -0.207. The molecule has 0 bridgehead atoms. The van der Waals surface area contributed by atoms with Crippen molar-refractivity contribution in [1.82, 2.24) is 0 Å². The molecule has 1 heterocycles. The fraction of sp³-hybridized carbons (Fsp3) is 0.171. The molecule has 46 heavy (non-hydrogen) atoms. The quantitative estimate of drug-likeness (QED) is 0.124. The molecule has 0 spiro atoms. The molecule has 11 heteroatoms. The van der Waals surface area contributed by atoms with E-state index in [-0.39, 0.29) is 22.3 Å². The van der Waals surface area contributed by atoms with E-state index in [2.05, 4.69) is 0 Å². The third kappa shape index (κ3) is 7.98. The van der Waals surface area contributed by atoms with Crippen LogP contribution in [0.15, 0.2) is 121 Å². The Morgan fingerprint density at radius 1 is 0.565 bits per heavy atom. The van der Waals surface area contributed by atoms with Crippen molar-refractivity contribution in [1.29, 1.82) is 5.26 Å². The number of nitriles is 1. The van der Waals surface area contributed by atoms with E-state index in [9.17, 15) is 24.4 Å². The Bertz CT molecular complexity index is 1680. The Morgan fingerprint density at radius 3 is 1.35 bits per heavy atom. The monoisotopic (exact) mass is 637 g/mol. The fourth-order valence-corrected chi connectivity index (χ4v) is 5.32. The summed E-state index contributed by atoms with van der Waals surface area (Å²) in [6, 6.07) is 32.4. The molecule has 1 fully saturated rings. The Hall–Kier alpha value is -5.44. The van der Waals surface area contributed by atoms with Crippen LogP contribution >= 0.6 is 11.8 Å². The molecule has 0 aliphatic carbocycles. The van der Waals surface area contributed by atoms with E-state index in [4.69, 9.17) is 23.7 Å². The molecular formula is C35H27NO9S. The van der Waals surface area contributed by atoms with Gasteiger partial charge in [0.2, 0.25) is 0 Å². The molecule has 10 nitrogen and oxygen atoms in total. The van der Waals surface area contributed by atoms with Crippen LogP contribution < -0.4 is 0 Å². The lowest BCUT2D eigenvalue weighted by atomic mass is 9.98. The van der Waals surface area contributed by atoms with Crippen molar-refractivity contribution in [2.24, 2.45) is 0 Å². The normalized spacial score (nSPS) is 20.4. The van der Waals surface area contributed by atoms with E-state index in [1.54, 1.807) is 84.9 Å². The fourth-order valence-electron chi connectivity index (χ4n) is 4.67. The second kappa shape index (κ2) is 15.5. The average molecular weight is 638 g/mol. The first-order valence-electron chi connectivity index (χ1n) is 14.1. The van der Waals surface area contributed by atoms with Crippen LogP contribution in [0, 0.1) is 10.7 Å². The topological polar surface area (TPSA) is 138 Å². The number of carbonyl (C=O) groups excluding carboxylic acids is 4. The number of rotatable bonds is 10. The average Bonchev–Trinajstić information content (AvgIpc) is 3.11. The number of carbonyl (C=O) groups is 4. The van der Waals surface area contributed by atoms with Crippen molar-refractivity contribution >= 4 is 35.6 Å². The number of ether oxygens (including phenoxy) is 5. The summed E-state index contributed by atoms with van der Waals surface area (Å²) < 4.78 is 29.4. The number of thioether (sulfide) groups is 1. The van der Waals surface area contributed by atoms with Gasteiger partial charge < -0.3 is 23.7 Å². The molecule has 4 aromatic carbocycles. The molecule has 0 N–H and O–H groups in total. The second-order valence-corrected chi connectivity index (χ2v) is 10.8. The lowest BCUT2D eigenvalue weighted by Gasteiger charge is -2.43. The first-order chi connectivity index (χ1) is 22.4. The summed E-state index contributed by atoms with van der Waals surface area (Å²) in [5.74, 6) is -3.08. The Balaban J connectivity index is 1.52. The van der Waals surface area contributed by atoms with E-state index in [1.165, 1.54) is 36.4 Å². The van der Waals surface area contributed by atoms with Gasteiger partial charge in [-0.1, -0.05) is 72.8 Å². The predicted octanol–water partition coefficient (Wildman–Crippen LogP) is 5.46. The van der Waals surface area contributed by atoms with Crippen molar-refractivity contribution in [3.05, 3.63) is 144 Å². The number of nitrogens with zero attached hydrogens (tertiary/aromatic N) is 1. The molecule has 4 aromatic rings. The van der Waals surface area contributed by atoms with Crippen molar-refractivity contribution in [2.75, 3.05) is 6.61 Å². The van der Waals surface area contributed by atoms with Crippen LogP contribution in [0.4, 0.5) is 0 Å². The molecule has 0 aromatic heterocycles. The summed E-state index contributed by atoms with van der Waals surface area (Å²) in [6.07, 6.45) is -5.62. The van der Waals surface area contributed by atoms with Gasteiger partial charge >= 0.3 is 23.9 Å². The Labute approximate surface area is 268 Å². The van der Waals surface area contributed by atoms with Gasteiger partial charge in [0.25, 0.3) is 0 Å². The zero-order chi connectivity index (χ0) is 32.3. The molecule has 0 saturated carbocycles. The van der Waals surface area contributed by atoms with Gasteiger partial charge in [-0.3, -0.25) is 0 Å². The maximum Gasteiger partial charge on any atom is 0.338 e. The summed E-state index contributed by atoms with van der Waals surface area (Å²) in [5.41, 5.74) is -0.430. The molecule has 0 amide bonds. The maximum absolute atomic E-state index is 13.4. The third-order valence-electron chi connectivity index (χ3n) is 6.91. The number of esters is 4. The minimum Gasteiger partial charge on any atom is -0.459 e. The van der Waals surface area contributed by atoms with Crippen LogP contribution in [0.1, 0.15) is 41.4 Å². The van der Waals surface area contributed by atoms with Crippen LogP contribution in [0.25, 0.3) is 0 Å². The van der Waals surface area contributed by atoms with Gasteiger partial charge in [-0.05, 0) is 60.3 Å². The van der Waals surface area contributed by atoms with Crippen molar-refractivity contribution < 1.29 is 42.9 Å². The molecule has 1 saturated heterocycles. The van der Waals surface area contributed by atoms with Crippen LogP contribution in [0.5, 0.6) is 0 Å². The van der Waals surface area contributed by atoms with Crippen molar-refractivity contribution in [3.8, 4) is 5.40 Å². The van der Waals surface area contributed by atoms with Crippen molar-refractivity contribution in [3.63, 3.8) is 0 Å². The largest absolute Gasteiger partial charge is 0.459 e. The minimum atomic E-state index is -1.49. The van der Waals surface area contributed by atoms with Crippen LogP contribution in [0.3, 0.4) is 0 Å². The zero-order valence-electron chi connectivity index (χ0n) is 24.2. The number of hydrogen-bond acceptors (Lipinski definition) is 11. The summed E-state index contributed by atoms with van der Waals surface area (Å²) in [7, 11) is 0. The van der Waals surface area contributed by atoms with Crippen LogP contribution in [-0.4, -0.2) is 60.3 Å². The van der Waals surface area contributed by atoms with Gasteiger partial charge in [0.1, 0.15) is 18.1 Å². The van der Waals surface area contributed by atoms with Crippen LogP contribution in [-0.2, 0) is 23.7 Å². The summed E-state index contributed by atoms with van der Waals surface area (Å²) in [5, 5.41) is 11.6. The molecular weight excluding hydrogens is 610 g/mol. The molecule has 0 radical (unpaired) electrons. The third-order valence-corrected chi connectivity index (χ3v) is 7.62. The van der Waals surface area contributed by atoms with E-state index in [0.29, 0.717) is 11.8 Å². The zero-order valence-corrected chi connectivity index (χ0v) is 25.0. The van der Waals surface area contributed by atoms with Gasteiger partial charge in [0, 0.05) is 0 Å². The van der Waals surface area contributed by atoms with Crippen molar-refractivity contribution in [2.45, 2.75) is 29.9 Å². The smallest absolute Gasteiger partial charge is 0.338 e.